The number of carboxylic acid groups (broad SMARTS) is 1. The Morgan fingerprint density at radius 2 is 1.92 bits per heavy atom. The molecular formula is C15H26N6O4S. The third-order valence-electron chi connectivity index (χ3n) is 3.70. The Bertz CT molecular complexity index is 583. The summed E-state index contributed by atoms with van der Waals surface area (Å²) in [5.41, 5.74) is 11.6. The van der Waals surface area contributed by atoms with Gasteiger partial charge in [-0.2, -0.15) is 12.6 Å². The second-order valence-electron chi connectivity index (χ2n) is 5.80. The monoisotopic (exact) mass is 386 g/mol. The van der Waals surface area contributed by atoms with E-state index in [1.54, 1.807) is 6.20 Å². The van der Waals surface area contributed by atoms with Crippen molar-refractivity contribution in [3.05, 3.63) is 18.2 Å². The molecule has 1 heterocycles. The molecule has 10 nitrogen and oxygen atoms in total. The fourth-order valence-electron chi connectivity index (χ4n) is 2.21. The number of nitrogens with zero attached hydrogens (tertiary/aromatic N) is 1. The van der Waals surface area contributed by atoms with E-state index in [4.69, 9.17) is 11.5 Å². The largest absolute Gasteiger partial charge is 0.480 e. The van der Waals surface area contributed by atoms with E-state index in [2.05, 4.69) is 33.2 Å². The summed E-state index contributed by atoms with van der Waals surface area (Å²) in [6.07, 6.45) is 4.59. The van der Waals surface area contributed by atoms with Gasteiger partial charge in [-0.25, -0.2) is 9.78 Å². The number of carbonyl (C=O) groups excluding carboxylic acids is 2. The molecule has 2 amide bonds. The Balaban J connectivity index is 2.76. The van der Waals surface area contributed by atoms with Crippen LogP contribution >= 0.6 is 12.6 Å². The number of carboxylic acids is 1. The van der Waals surface area contributed by atoms with Gasteiger partial charge in [-0.15, -0.1) is 0 Å². The number of thiol groups is 1. The third kappa shape index (κ3) is 7.42. The molecule has 1 aromatic rings. The fraction of sp³-hybridized carbons (Fsp3) is 0.600. The van der Waals surface area contributed by atoms with Crippen molar-refractivity contribution in [2.45, 2.75) is 43.8 Å². The molecular weight excluding hydrogens is 360 g/mol. The number of hydrogen-bond donors (Lipinski definition) is 7. The lowest BCUT2D eigenvalue weighted by atomic mass is 10.1. The minimum absolute atomic E-state index is 0.0180. The molecule has 0 fully saturated rings. The van der Waals surface area contributed by atoms with Gasteiger partial charge in [0.05, 0.1) is 18.1 Å². The molecule has 26 heavy (non-hydrogen) atoms. The summed E-state index contributed by atoms with van der Waals surface area (Å²) in [6, 6.07) is -2.93. The normalized spacial score (nSPS) is 14.3. The number of rotatable bonds is 12. The maximum atomic E-state index is 12.5. The van der Waals surface area contributed by atoms with Crippen molar-refractivity contribution >= 4 is 30.4 Å². The van der Waals surface area contributed by atoms with Crippen LogP contribution < -0.4 is 22.1 Å². The minimum Gasteiger partial charge on any atom is -0.480 e. The summed E-state index contributed by atoms with van der Waals surface area (Å²) >= 11 is 3.96. The molecule has 1 aromatic heterocycles. The first-order valence-electron chi connectivity index (χ1n) is 8.26. The second kappa shape index (κ2) is 11.5. The van der Waals surface area contributed by atoms with Crippen LogP contribution in [0, 0.1) is 0 Å². The first-order chi connectivity index (χ1) is 12.4. The molecule has 11 heteroatoms. The number of nitrogens with two attached hydrogens (primary N) is 2. The van der Waals surface area contributed by atoms with Gasteiger partial charge in [-0.3, -0.25) is 9.59 Å². The molecule has 0 saturated carbocycles. The van der Waals surface area contributed by atoms with Crippen LogP contribution in [-0.2, 0) is 20.8 Å². The number of aromatic amines is 1. The third-order valence-corrected chi connectivity index (χ3v) is 4.09. The van der Waals surface area contributed by atoms with Gasteiger partial charge in [0, 0.05) is 18.4 Å². The quantitative estimate of drug-likeness (QED) is 0.167. The molecule has 8 N–H and O–H groups in total. The van der Waals surface area contributed by atoms with Crippen LogP contribution in [0.15, 0.2) is 12.5 Å². The zero-order chi connectivity index (χ0) is 19.5. The summed E-state index contributed by atoms with van der Waals surface area (Å²) in [4.78, 5) is 42.6. The number of aromatic nitrogens is 2. The van der Waals surface area contributed by atoms with Gasteiger partial charge in [-0.05, 0) is 25.8 Å². The lowest BCUT2D eigenvalue weighted by Crippen LogP contribution is -2.55. The van der Waals surface area contributed by atoms with Crippen molar-refractivity contribution in [2.75, 3.05) is 12.3 Å². The first kappa shape index (κ1) is 21.9. The van der Waals surface area contributed by atoms with Crippen LogP contribution in [0.5, 0.6) is 0 Å². The number of unbranched alkanes of at least 4 members (excludes halogenated alkanes) is 1. The predicted molar refractivity (Wildman–Crippen MR) is 98.5 cm³/mol. The topological polar surface area (TPSA) is 176 Å². The lowest BCUT2D eigenvalue weighted by Gasteiger charge is -2.22. The fourth-order valence-corrected chi connectivity index (χ4v) is 2.37. The maximum absolute atomic E-state index is 12.5. The summed E-state index contributed by atoms with van der Waals surface area (Å²) in [5.74, 6) is -2.18. The molecule has 0 aromatic carbocycles. The zero-order valence-electron chi connectivity index (χ0n) is 14.4. The molecule has 0 aliphatic rings. The van der Waals surface area contributed by atoms with E-state index in [1.165, 1.54) is 6.33 Å². The van der Waals surface area contributed by atoms with E-state index in [0.29, 0.717) is 31.5 Å². The minimum atomic E-state index is -1.19. The highest BCUT2D eigenvalue weighted by Crippen LogP contribution is 2.05. The molecule has 0 aliphatic heterocycles. The Morgan fingerprint density at radius 3 is 2.46 bits per heavy atom. The number of H-pyrrole nitrogens is 1. The van der Waals surface area contributed by atoms with Crippen LogP contribution in [0.25, 0.3) is 0 Å². The molecule has 3 atom stereocenters. The van der Waals surface area contributed by atoms with Crippen molar-refractivity contribution in [3.63, 3.8) is 0 Å². The maximum Gasteiger partial charge on any atom is 0.326 e. The Kier molecular flexibility index (Phi) is 9.70. The van der Waals surface area contributed by atoms with Crippen molar-refractivity contribution in [3.8, 4) is 0 Å². The molecule has 0 aliphatic carbocycles. The van der Waals surface area contributed by atoms with Crippen LogP contribution in [0.2, 0.25) is 0 Å². The standard InChI is InChI=1S/C15H26N6O4S/c16-4-2-1-3-11(20-13(22)10(17)7-26)14(23)21-12(15(24)25)5-9-6-18-8-19-9/h6,8,10-12,26H,1-5,7,16-17H2,(H,18,19)(H,20,22)(H,21,23)(H,24,25)/t10-,11-,12-/m0/s1. The van der Waals surface area contributed by atoms with E-state index in [9.17, 15) is 19.5 Å². The Labute approximate surface area is 156 Å². The average molecular weight is 386 g/mol. The van der Waals surface area contributed by atoms with Crippen LogP contribution in [0.1, 0.15) is 25.0 Å². The zero-order valence-corrected chi connectivity index (χ0v) is 15.2. The van der Waals surface area contributed by atoms with E-state index in [1.807, 2.05) is 0 Å². The molecule has 0 spiro atoms. The van der Waals surface area contributed by atoms with Gasteiger partial charge >= 0.3 is 5.97 Å². The number of nitrogens with one attached hydrogen (secondary N) is 3. The smallest absolute Gasteiger partial charge is 0.326 e. The highest BCUT2D eigenvalue weighted by Gasteiger charge is 2.28. The van der Waals surface area contributed by atoms with Gasteiger partial charge in [0.1, 0.15) is 12.1 Å². The van der Waals surface area contributed by atoms with E-state index in [-0.39, 0.29) is 12.2 Å². The first-order valence-corrected chi connectivity index (χ1v) is 8.90. The number of aliphatic carboxylic acids is 1. The van der Waals surface area contributed by atoms with E-state index in [0.717, 1.165) is 0 Å². The van der Waals surface area contributed by atoms with E-state index < -0.39 is 35.9 Å². The van der Waals surface area contributed by atoms with Gasteiger partial charge < -0.3 is 32.2 Å². The van der Waals surface area contributed by atoms with Gasteiger partial charge in [0.25, 0.3) is 0 Å². The Morgan fingerprint density at radius 1 is 1.23 bits per heavy atom. The molecule has 0 bridgehead atoms. The van der Waals surface area contributed by atoms with Crippen molar-refractivity contribution < 1.29 is 19.5 Å². The predicted octanol–water partition coefficient (Wildman–Crippen LogP) is -1.61. The van der Waals surface area contributed by atoms with Gasteiger partial charge in [0.15, 0.2) is 0 Å². The van der Waals surface area contributed by atoms with Gasteiger partial charge in [0.2, 0.25) is 11.8 Å². The molecule has 0 unspecified atom stereocenters. The SMILES string of the molecule is NCCCC[C@H](NC(=O)[C@@H](N)CS)C(=O)N[C@@H](Cc1c[nH]cn1)C(=O)O. The highest BCUT2D eigenvalue weighted by molar-refractivity contribution is 7.80. The van der Waals surface area contributed by atoms with Gasteiger partial charge in [-0.1, -0.05) is 0 Å². The van der Waals surface area contributed by atoms with Crippen molar-refractivity contribution in [1.29, 1.82) is 0 Å². The number of imidazole rings is 1. The Hall–Kier alpha value is -2.11. The highest BCUT2D eigenvalue weighted by atomic mass is 32.1. The van der Waals surface area contributed by atoms with Crippen LogP contribution in [0.3, 0.4) is 0 Å². The van der Waals surface area contributed by atoms with E-state index >= 15 is 0 Å². The summed E-state index contributed by atoms with van der Waals surface area (Å²) in [7, 11) is 0. The lowest BCUT2D eigenvalue weighted by molar-refractivity contribution is -0.142. The summed E-state index contributed by atoms with van der Waals surface area (Å²) in [5, 5.41) is 14.3. The van der Waals surface area contributed by atoms with Crippen molar-refractivity contribution in [2.24, 2.45) is 11.5 Å². The number of carbonyl (C=O) groups is 3. The van der Waals surface area contributed by atoms with Crippen molar-refractivity contribution in [1.82, 2.24) is 20.6 Å². The van der Waals surface area contributed by atoms with Crippen LogP contribution in [-0.4, -0.2) is 63.3 Å². The molecule has 1 rings (SSSR count). The molecule has 0 radical (unpaired) electrons. The number of hydrogen-bond acceptors (Lipinski definition) is 7. The summed E-state index contributed by atoms with van der Waals surface area (Å²) < 4.78 is 0. The average Bonchev–Trinajstić information content (AvgIpc) is 3.12. The molecule has 0 saturated heterocycles. The number of amides is 2. The summed E-state index contributed by atoms with van der Waals surface area (Å²) in [6.45, 7) is 0.454. The second-order valence-corrected chi connectivity index (χ2v) is 6.16. The molecule has 146 valence electrons. The van der Waals surface area contributed by atoms with Crippen LogP contribution in [0.4, 0.5) is 0 Å².